The van der Waals surface area contributed by atoms with E-state index in [9.17, 15) is 4.79 Å². The van der Waals surface area contributed by atoms with Crippen molar-refractivity contribution in [2.75, 3.05) is 18.4 Å². The van der Waals surface area contributed by atoms with Gasteiger partial charge in [0.1, 0.15) is 0 Å². The molecule has 1 aromatic heterocycles. The maximum absolute atomic E-state index is 11.8. The summed E-state index contributed by atoms with van der Waals surface area (Å²) in [6, 6.07) is 5.36. The first-order valence-corrected chi connectivity index (χ1v) is 7.26. The Morgan fingerprint density at radius 3 is 2.42 bits per heavy atom. The fraction of sp³-hybridized carbons (Fsp3) is 0.600. The van der Waals surface area contributed by atoms with Gasteiger partial charge in [-0.25, -0.2) is 5.32 Å². The van der Waals surface area contributed by atoms with Crippen molar-refractivity contribution in [1.82, 2.24) is 4.57 Å². The lowest BCUT2D eigenvalue weighted by Crippen LogP contribution is -2.25. The van der Waals surface area contributed by atoms with Crippen LogP contribution >= 0.6 is 0 Å². The minimum Gasteiger partial charge on any atom is -0.276 e. The summed E-state index contributed by atoms with van der Waals surface area (Å²) in [7, 11) is 0. The highest BCUT2D eigenvalue weighted by atomic mass is 16.1. The van der Waals surface area contributed by atoms with Crippen molar-refractivity contribution in [1.29, 1.82) is 0 Å². The third-order valence-electron chi connectivity index (χ3n) is 2.91. The van der Waals surface area contributed by atoms with E-state index in [1.165, 1.54) is 0 Å². The van der Waals surface area contributed by atoms with Gasteiger partial charge >= 0.3 is 0 Å². The highest BCUT2D eigenvalue weighted by Crippen LogP contribution is 2.03. The van der Waals surface area contributed by atoms with E-state index in [0.717, 1.165) is 44.7 Å². The Morgan fingerprint density at radius 1 is 1.16 bits per heavy atom. The number of nitrogens with zero attached hydrogens (tertiary/aromatic N) is 2. The maximum Gasteiger partial charge on any atom is 0.253 e. The molecule has 0 bridgehead atoms. The van der Waals surface area contributed by atoms with Crippen LogP contribution in [0, 0.1) is 0 Å². The van der Waals surface area contributed by atoms with Crippen molar-refractivity contribution < 1.29 is 4.58 Å². The van der Waals surface area contributed by atoms with E-state index in [4.69, 9.17) is 0 Å². The second kappa shape index (κ2) is 8.51. The van der Waals surface area contributed by atoms with Crippen LogP contribution < -0.4 is 10.9 Å². The Balaban J connectivity index is 2.88. The van der Waals surface area contributed by atoms with Crippen LogP contribution in [-0.2, 0) is 6.54 Å². The standard InChI is InChI=1S/C15H25N3O/c1-4-10-17(11-5-2)13-16-14-8-7-9-15(19)18(14)12-6-3/h7-9,13H,4-6,10-12H2,1-3H3/p+1. The van der Waals surface area contributed by atoms with Gasteiger partial charge in [-0.1, -0.05) is 26.8 Å². The normalized spacial score (nSPS) is 10.3. The first-order chi connectivity index (χ1) is 9.22. The molecular formula is C15H26N3O+. The number of pyridine rings is 1. The smallest absolute Gasteiger partial charge is 0.253 e. The fourth-order valence-corrected chi connectivity index (χ4v) is 2.07. The van der Waals surface area contributed by atoms with Gasteiger partial charge in [0.25, 0.3) is 5.56 Å². The summed E-state index contributed by atoms with van der Waals surface area (Å²) in [5, 5.41) is 3.27. The van der Waals surface area contributed by atoms with Crippen molar-refractivity contribution in [3.05, 3.63) is 28.6 Å². The van der Waals surface area contributed by atoms with E-state index in [2.05, 4.69) is 30.7 Å². The number of aromatic nitrogens is 1. The Kier molecular flexibility index (Phi) is 6.93. The number of hydrogen-bond donors (Lipinski definition) is 1. The lowest BCUT2D eigenvalue weighted by Gasteiger charge is -2.08. The molecule has 0 amide bonds. The fourth-order valence-electron chi connectivity index (χ4n) is 2.07. The lowest BCUT2D eigenvalue weighted by molar-refractivity contribution is -0.523. The zero-order valence-corrected chi connectivity index (χ0v) is 12.4. The molecule has 0 saturated heterocycles. The largest absolute Gasteiger partial charge is 0.276 e. The van der Waals surface area contributed by atoms with Crippen molar-refractivity contribution in [3.63, 3.8) is 0 Å². The van der Waals surface area contributed by atoms with E-state index >= 15 is 0 Å². The number of rotatable bonds is 8. The second-order valence-electron chi connectivity index (χ2n) is 4.71. The number of anilines is 1. The van der Waals surface area contributed by atoms with Gasteiger partial charge in [0.2, 0.25) is 12.2 Å². The molecule has 0 aliphatic heterocycles. The topological polar surface area (TPSA) is 37.0 Å². The number of hydrogen-bond acceptors (Lipinski definition) is 1. The quantitative estimate of drug-likeness (QED) is 0.445. The minimum absolute atomic E-state index is 0.0535. The molecule has 1 rings (SSSR count). The van der Waals surface area contributed by atoms with Gasteiger partial charge in [0.15, 0.2) is 0 Å². The molecule has 0 radical (unpaired) electrons. The van der Waals surface area contributed by atoms with Gasteiger partial charge in [-0.15, -0.1) is 0 Å². The predicted molar refractivity (Wildman–Crippen MR) is 81.3 cm³/mol. The van der Waals surface area contributed by atoms with Crippen LogP contribution in [0.15, 0.2) is 23.0 Å². The van der Waals surface area contributed by atoms with Crippen LogP contribution in [0.3, 0.4) is 0 Å². The van der Waals surface area contributed by atoms with Crippen molar-refractivity contribution in [3.8, 4) is 0 Å². The van der Waals surface area contributed by atoms with Crippen LogP contribution in [0.1, 0.15) is 40.0 Å². The number of nitrogens with one attached hydrogen (secondary N) is 1. The molecule has 0 aliphatic carbocycles. The van der Waals surface area contributed by atoms with Gasteiger partial charge < -0.3 is 0 Å². The monoisotopic (exact) mass is 264 g/mol. The summed E-state index contributed by atoms with van der Waals surface area (Å²) >= 11 is 0. The van der Waals surface area contributed by atoms with Gasteiger partial charge in [-0.2, -0.15) is 0 Å². The molecule has 0 aliphatic rings. The van der Waals surface area contributed by atoms with E-state index in [0.29, 0.717) is 0 Å². The van der Waals surface area contributed by atoms with Crippen LogP contribution in [0.25, 0.3) is 0 Å². The Morgan fingerprint density at radius 2 is 1.84 bits per heavy atom. The molecule has 0 aromatic carbocycles. The molecule has 19 heavy (non-hydrogen) atoms. The van der Waals surface area contributed by atoms with Gasteiger partial charge in [0.05, 0.1) is 13.1 Å². The molecule has 106 valence electrons. The molecule has 0 unspecified atom stereocenters. The zero-order chi connectivity index (χ0) is 14.1. The molecule has 0 spiro atoms. The average molecular weight is 264 g/mol. The highest BCUT2D eigenvalue weighted by Gasteiger charge is 2.05. The molecule has 0 fully saturated rings. The summed E-state index contributed by atoms with van der Waals surface area (Å²) in [5.41, 5.74) is 0.0535. The first-order valence-electron chi connectivity index (χ1n) is 7.26. The molecule has 1 aromatic rings. The van der Waals surface area contributed by atoms with Crippen molar-refractivity contribution in [2.24, 2.45) is 0 Å². The third-order valence-corrected chi connectivity index (χ3v) is 2.91. The Labute approximate surface area is 115 Å². The van der Waals surface area contributed by atoms with Crippen LogP contribution in [0.2, 0.25) is 0 Å². The molecule has 0 saturated carbocycles. The molecule has 0 atom stereocenters. The summed E-state index contributed by atoms with van der Waals surface area (Å²) in [6.45, 7) is 9.24. The molecule has 1 heterocycles. The molecule has 4 heteroatoms. The molecular weight excluding hydrogens is 238 g/mol. The van der Waals surface area contributed by atoms with Crippen molar-refractivity contribution >= 4 is 12.2 Å². The predicted octanol–water partition coefficient (Wildman–Crippen LogP) is 2.53. The molecule has 1 N–H and O–H groups in total. The van der Waals surface area contributed by atoms with Crippen LogP contribution in [-0.4, -0.2) is 28.6 Å². The van der Waals surface area contributed by atoms with Gasteiger partial charge in [0, 0.05) is 18.7 Å². The van der Waals surface area contributed by atoms with Crippen molar-refractivity contribution in [2.45, 2.75) is 46.6 Å². The second-order valence-corrected chi connectivity index (χ2v) is 4.71. The third kappa shape index (κ3) is 4.89. The van der Waals surface area contributed by atoms with E-state index < -0.39 is 0 Å². The summed E-state index contributed by atoms with van der Waals surface area (Å²) in [4.78, 5) is 11.8. The SMILES string of the molecule is CCCn1c(NC=[N+](CCC)CCC)cccc1=O. The Bertz CT molecular complexity index is 455. The van der Waals surface area contributed by atoms with E-state index in [-0.39, 0.29) is 5.56 Å². The summed E-state index contributed by atoms with van der Waals surface area (Å²) in [6.07, 6.45) is 5.18. The van der Waals surface area contributed by atoms with Gasteiger partial charge in [-0.3, -0.25) is 13.9 Å². The average Bonchev–Trinajstić information content (AvgIpc) is 2.40. The van der Waals surface area contributed by atoms with Crippen LogP contribution in [0.5, 0.6) is 0 Å². The zero-order valence-electron chi connectivity index (χ0n) is 12.4. The maximum atomic E-state index is 11.8. The molecule has 4 nitrogen and oxygen atoms in total. The van der Waals surface area contributed by atoms with Crippen LogP contribution in [0.4, 0.5) is 5.82 Å². The summed E-state index contributed by atoms with van der Waals surface area (Å²) < 4.78 is 4.04. The lowest BCUT2D eigenvalue weighted by atomic mass is 10.4. The van der Waals surface area contributed by atoms with Gasteiger partial charge in [-0.05, 0) is 19.3 Å². The minimum atomic E-state index is 0.0535. The first kappa shape index (κ1) is 15.5. The van der Waals surface area contributed by atoms with E-state index in [1.807, 2.05) is 12.4 Å². The summed E-state index contributed by atoms with van der Waals surface area (Å²) in [5.74, 6) is 0.867. The highest BCUT2D eigenvalue weighted by molar-refractivity contribution is 5.69. The Hall–Kier alpha value is -1.58. The van der Waals surface area contributed by atoms with E-state index in [1.54, 1.807) is 16.7 Å².